The fourth-order valence-corrected chi connectivity index (χ4v) is 1.77. The number of nitrogens with one attached hydrogen (secondary N) is 1. The normalized spacial score (nSPS) is 11.0. The molecule has 0 unspecified atom stereocenters. The average molecular weight is 266 g/mol. The summed E-state index contributed by atoms with van der Waals surface area (Å²) in [6.07, 6.45) is 0.882. The van der Waals surface area contributed by atoms with Crippen LogP contribution in [-0.2, 0) is 11.3 Å². The molecule has 0 aliphatic carbocycles. The van der Waals surface area contributed by atoms with E-state index in [4.69, 9.17) is 9.47 Å². The van der Waals surface area contributed by atoms with Crippen LogP contribution in [0.1, 0.15) is 31.5 Å². The summed E-state index contributed by atoms with van der Waals surface area (Å²) in [5.41, 5.74) is 2.21. The van der Waals surface area contributed by atoms with Gasteiger partial charge < -0.3 is 14.8 Å². The highest BCUT2D eigenvalue weighted by molar-refractivity contribution is 5.24. The second-order valence-corrected chi connectivity index (χ2v) is 5.17. The summed E-state index contributed by atoms with van der Waals surface area (Å²) in [5, 5.41) is 3.43. The van der Waals surface area contributed by atoms with E-state index in [1.807, 2.05) is 13.0 Å². The number of aromatic nitrogens is 1. The summed E-state index contributed by atoms with van der Waals surface area (Å²) < 4.78 is 10.6. The lowest BCUT2D eigenvalue weighted by atomic mass is 10.2. The second-order valence-electron chi connectivity index (χ2n) is 5.17. The van der Waals surface area contributed by atoms with Crippen LogP contribution in [0.15, 0.2) is 12.1 Å². The van der Waals surface area contributed by atoms with Crippen LogP contribution in [0, 0.1) is 12.8 Å². The van der Waals surface area contributed by atoms with E-state index in [0.29, 0.717) is 25.0 Å². The van der Waals surface area contributed by atoms with Gasteiger partial charge in [-0.1, -0.05) is 13.8 Å². The Bertz CT molecular complexity index is 367. The maximum atomic E-state index is 5.64. The zero-order valence-corrected chi connectivity index (χ0v) is 12.5. The van der Waals surface area contributed by atoms with Crippen LogP contribution in [0.25, 0.3) is 0 Å². The molecule has 4 nitrogen and oxygen atoms in total. The van der Waals surface area contributed by atoms with Gasteiger partial charge in [0.2, 0.25) is 5.88 Å². The van der Waals surface area contributed by atoms with Crippen molar-refractivity contribution in [3.05, 3.63) is 23.4 Å². The Hall–Kier alpha value is -1.13. The number of ether oxygens (including phenoxy) is 2. The third-order valence-corrected chi connectivity index (χ3v) is 2.61. The van der Waals surface area contributed by atoms with Crippen LogP contribution in [0.4, 0.5) is 0 Å². The van der Waals surface area contributed by atoms with Gasteiger partial charge in [0.1, 0.15) is 0 Å². The molecule has 0 fully saturated rings. The van der Waals surface area contributed by atoms with Gasteiger partial charge in [0.05, 0.1) is 6.61 Å². The largest absolute Gasteiger partial charge is 0.478 e. The van der Waals surface area contributed by atoms with Gasteiger partial charge in [0.25, 0.3) is 0 Å². The number of pyridine rings is 1. The molecule has 19 heavy (non-hydrogen) atoms. The molecule has 1 rings (SSSR count). The van der Waals surface area contributed by atoms with Crippen molar-refractivity contribution in [2.45, 2.75) is 33.7 Å². The quantitative estimate of drug-likeness (QED) is 0.698. The van der Waals surface area contributed by atoms with E-state index >= 15 is 0 Å². The molecule has 1 N–H and O–H groups in total. The van der Waals surface area contributed by atoms with Gasteiger partial charge in [-0.15, -0.1) is 0 Å². The first-order valence-electron chi connectivity index (χ1n) is 6.92. The Morgan fingerprint density at radius 3 is 2.74 bits per heavy atom. The van der Waals surface area contributed by atoms with Crippen molar-refractivity contribution in [1.29, 1.82) is 0 Å². The molecule has 0 aliphatic heterocycles. The van der Waals surface area contributed by atoms with Gasteiger partial charge in [-0.05, 0) is 31.0 Å². The first-order chi connectivity index (χ1) is 9.11. The fraction of sp³-hybridized carbons (Fsp3) is 0.667. The van der Waals surface area contributed by atoms with E-state index < -0.39 is 0 Å². The molecule has 0 amide bonds. The highest BCUT2D eigenvalue weighted by Gasteiger charge is 2.02. The zero-order valence-electron chi connectivity index (χ0n) is 12.5. The fourth-order valence-electron chi connectivity index (χ4n) is 1.77. The smallest absolute Gasteiger partial charge is 0.213 e. The standard InChI is InChI=1S/C15H26N2O2/c1-12(2)10-16-11-14-8-13(3)17-15(9-14)19-7-5-6-18-4/h8-9,12,16H,5-7,10-11H2,1-4H3. The molecular weight excluding hydrogens is 240 g/mol. The highest BCUT2D eigenvalue weighted by atomic mass is 16.5. The van der Waals surface area contributed by atoms with Gasteiger partial charge >= 0.3 is 0 Å². The summed E-state index contributed by atoms with van der Waals surface area (Å²) in [5.74, 6) is 1.37. The monoisotopic (exact) mass is 266 g/mol. The van der Waals surface area contributed by atoms with Gasteiger partial charge in [-0.2, -0.15) is 0 Å². The average Bonchev–Trinajstić information content (AvgIpc) is 2.34. The van der Waals surface area contributed by atoms with Crippen molar-refractivity contribution in [2.24, 2.45) is 5.92 Å². The predicted octanol–water partition coefficient (Wildman–Crippen LogP) is 2.55. The molecule has 0 saturated carbocycles. The maximum Gasteiger partial charge on any atom is 0.213 e. The number of methoxy groups -OCH3 is 1. The topological polar surface area (TPSA) is 43.4 Å². The summed E-state index contributed by atoms with van der Waals surface area (Å²) in [6.45, 7) is 9.64. The van der Waals surface area contributed by atoms with E-state index in [1.54, 1.807) is 7.11 Å². The Morgan fingerprint density at radius 2 is 2.05 bits per heavy atom. The number of nitrogens with zero attached hydrogens (tertiary/aromatic N) is 1. The number of hydrogen-bond acceptors (Lipinski definition) is 4. The maximum absolute atomic E-state index is 5.64. The highest BCUT2D eigenvalue weighted by Crippen LogP contribution is 2.12. The van der Waals surface area contributed by atoms with E-state index in [9.17, 15) is 0 Å². The Labute approximate surface area is 116 Å². The van der Waals surface area contributed by atoms with Crippen LogP contribution < -0.4 is 10.1 Å². The first-order valence-corrected chi connectivity index (χ1v) is 6.92. The van der Waals surface area contributed by atoms with Crippen LogP contribution in [0.5, 0.6) is 5.88 Å². The minimum atomic E-state index is 0.642. The van der Waals surface area contributed by atoms with Crippen LogP contribution in [-0.4, -0.2) is 31.9 Å². The predicted molar refractivity (Wildman–Crippen MR) is 77.5 cm³/mol. The van der Waals surface area contributed by atoms with E-state index in [1.165, 1.54) is 5.56 Å². The van der Waals surface area contributed by atoms with E-state index in [2.05, 4.69) is 30.2 Å². The van der Waals surface area contributed by atoms with E-state index in [0.717, 1.165) is 25.2 Å². The van der Waals surface area contributed by atoms with Crippen molar-refractivity contribution < 1.29 is 9.47 Å². The Balaban J connectivity index is 2.46. The third kappa shape index (κ3) is 7.13. The summed E-state index contributed by atoms with van der Waals surface area (Å²) in [4.78, 5) is 4.38. The SMILES string of the molecule is COCCCOc1cc(CNCC(C)C)cc(C)n1. The molecule has 0 radical (unpaired) electrons. The molecule has 4 heteroatoms. The minimum absolute atomic E-state index is 0.642. The lowest BCUT2D eigenvalue weighted by Gasteiger charge is -2.10. The molecule has 108 valence electrons. The van der Waals surface area contributed by atoms with E-state index in [-0.39, 0.29) is 0 Å². The molecule has 0 aliphatic rings. The summed E-state index contributed by atoms with van der Waals surface area (Å²) in [7, 11) is 1.70. The third-order valence-electron chi connectivity index (χ3n) is 2.61. The van der Waals surface area contributed by atoms with Crippen molar-refractivity contribution >= 4 is 0 Å². The van der Waals surface area contributed by atoms with Gasteiger partial charge in [0, 0.05) is 38.4 Å². The molecule has 1 aromatic heterocycles. The molecule has 1 aromatic rings. The minimum Gasteiger partial charge on any atom is -0.478 e. The number of hydrogen-bond donors (Lipinski definition) is 1. The summed E-state index contributed by atoms with van der Waals surface area (Å²) in [6, 6.07) is 4.10. The van der Waals surface area contributed by atoms with Gasteiger partial charge in [0.15, 0.2) is 0 Å². The Kier molecular flexibility index (Phi) is 7.45. The zero-order chi connectivity index (χ0) is 14.1. The van der Waals surface area contributed by atoms with Gasteiger partial charge in [-0.3, -0.25) is 0 Å². The molecule has 0 spiro atoms. The number of aryl methyl sites for hydroxylation is 1. The summed E-state index contributed by atoms with van der Waals surface area (Å²) >= 11 is 0. The first kappa shape index (κ1) is 15.9. The lowest BCUT2D eigenvalue weighted by Crippen LogP contribution is -2.19. The van der Waals surface area contributed by atoms with Crippen molar-refractivity contribution in [1.82, 2.24) is 10.3 Å². The molecule has 0 atom stereocenters. The molecule has 1 heterocycles. The van der Waals surface area contributed by atoms with Crippen molar-refractivity contribution in [3.63, 3.8) is 0 Å². The Morgan fingerprint density at radius 1 is 1.26 bits per heavy atom. The van der Waals surface area contributed by atoms with Crippen LogP contribution in [0.3, 0.4) is 0 Å². The second kappa shape index (κ2) is 8.88. The van der Waals surface area contributed by atoms with Crippen molar-refractivity contribution in [3.8, 4) is 5.88 Å². The molecule has 0 saturated heterocycles. The lowest BCUT2D eigenvalue weighted by molar-refractivity contribution is 0.170. The van der Waals surface area contributed by atoms with Crippen LogP contribution >= 0.6 is 0 Å². The molecular formula is C15H26N2O2. The van der Waals surface area contributed by atoms with Gasteiger partial charge in [-0.25, -0.2) is 4.98 Å². The number of rotatable bonds is 9. The molecule has 0 aromatic carbocycles. The molecule has 0 bridgehead atoms. The van der Waals surface area contributed by atoms with Crippen molar-refractivity contribution in [2.75, 3.05) is 26.9 Å². The van der Waals surface area contributed by atoms with Crippen LogP contribution in [0.2, 0.25) is 0 Å².